The molecule has 0 spiro atoms. The van der Waals surface area contributed by atoms with Crippen molar-refractivity contribution in [3.8, 4) is 5.69 Å². The summed E-state index contributed by atoms with van der Waals surface area (Å²) in [6.07, 6.45) is 1.57. The molecule has 0 saturated carbocycles. The first-order valence-corrected chi connectivity index (χ1v) is 5.60. The van der Waals surface area contributed by atoms with Crippen molar-refractivity contribution >= 4 is 11.9 Å². The molecular weight excluding hydrogens is 246 g/mol. The van der Waals surface area contributed by atoms with Crippen LogP contribution in [0.3, 0.4) is 0 Å². The van der Waals surface area contributed by atoms with Gasteiger partial charge in [-0.15, -0.1) is 0 Å². The van der Waals surface area contributed by atoms with E-state index in [4.69, 9.17) is 5.11 Å². The van der Waals surface area contributed by atoms with Crippen molar-refractivity contribution in [2.75, 3.05) is 14.1 Å². The summed E-state index contributed by atoms with van der Waals surface area (Å²) in [6, 6.07) is 8.05. The van der Waals surface area contributed by atoms with E-state index in [1.807, 2.05) is 0 Å². The summed E-state index contributed by atoms with van der Waals surface area (Å²) in [5.41, 5.74) is 0.826. The Hall–Kier alpha value is -2.63. The molecule has 0 aliphatic rings. The van der Waals surface area contributed by atoms with Crippen molar-refractivity contribution in [3.05, 3.63) is 47.8 Å². The zero-order valence-electron chi connectivity index (χ0n) is 10.6. The van der Waals surface area contributed by atoms with Crippen LogP contribution >= 0.6 is 0 Å². The largest absolute Gasteiger partial charge is 0.478 e. The molecule has 0 aliphatic carbocycles. The molecule has 0 saturated heterocycles. The van der Waals surface area contributed by atoms with Crippen LogP contribution in [-0.4, -0.2) is 45.8 Å². The number of nitrogens with zero attached hydrogens (tertiary/aromatic N) is 3. The van der Waals surface area contributed by atoms with Crippen molar-refractivity contribution in [1.82, 2.24) is 14.7 Å². The standard InChI is InChI=1S/C13H13N3O3/c1-15(2)12(17)10-7-8-16(14-10)11-6-4-3-5-9(11)13(18)19/h3-8H,1-2H3,(H,18,19). The van der Waals surface area contributed by atoms with E-state index in [2.05, 4.69) is 5.10 Å². The van der Waals surface area contributed by atoms with Crippen LogP contribution in [0.15, 0.2) is 36.5 Å². The van der Waals surface area contributed by atoms with Crippen LogP contribution in [0.1, 0.15) is 20.8 Å². The van der Waals surface area contributed by atoms with Gasteiger partial charge in [-0.1, -0.05) is 12.1 Å². The van der Waals surface area contributed by atoms with Gasteiger partial charge in [0.15, 0.2) is 5.69 Å². The number of carbonyl (C=O) groups is 2. The van der Waals surface area contributed by atoms with E-state index < -0.39 is 5.97 Å². The van der Waals surface area contributed by atoms with E-state index in [1.54, 1.807) is 44.6 Å². The number of aromatic nitrogens is 2. The number of carboxylic acid groups (broad SMARTS) is 1. The molecule has 6 nitrogen and oxygen atoms in total. The molecule has 1 aromatic carbocycles. The monoisotopic (exact) mass is 259 g/mol. The molecule has 1 heterocycles. The van der Waals surface area contributed by atoms with Crippen LogP contribution in [0, 0.1) is 0 Å². The molecule has 98 valence electrons. The zero-order chi connectivity index (χ0) is 14.0. The van der Waals surface area contributed by atoms with E-state index in [1.165, 1.54) is 15.6 Å². The van der Waals surface area contributed by atoms with Gasteiger partial charge in [-0.25, -0.2) is 9.48 Å². The smallest absolute Gasteiger partial charge is 0.337 e. The Morgan fingerprint density at radius 3 is 2.53 bits per heavy atom. The predicted octanol–water partition coefficient (Wildman–Crippen LogP) is 1.27. The van der Waals surface area contributed by atoms with Crippen molar-refractivity contribution in [2.45, 2.75) is 0 Å². The van der Waals surface area contributed by atoms with Gasteiger partial charge in [0, 0.05) is 20.3 Å². The fourth-order valence-corrected chi connectivity index (χ4v) is 1.66. The average molecular weight is 259 g/mol. The molecule has 1 aromatic heterocycles. The molecule has 0 fully saturated rings. The molecule has 2 rings (SSSR count). The van der Waals surface area contributed by atoms with Gasteiger partial charge in [-0.05, 0) is 18.2 Å². The SMILES string of the molecule is CN(C)C(=O)c1ccn(-c2ccccc2C(=O)O)n1. The summed E-state index contributed by atoms with van der Waals surface area (Å²) in [4.78, 5) is 24.3. The second kappa shape index (κ2) is 4.93. The van der Waals surface area contributed by atoms with Crippen LogP contribution < -0.4 is 0 Å². The number of carboxylic acids is 1. The molecule has 2 aromatic rings. The summed E-state index contributed by atoms with van der Waals surface area (Å²) in [6.45, 7) is 0. The van der Waals surface area contributed by atoms with Gasteiger partial charge in [0.2, 0.25) is 0 Å². The first kappa shape index (κ1) is 12.8. The normalized spacial score (nSPS) is 10.2. The lowest BCUT2D eigenvalue weighted by molar-refractivity contribution is 0.0696. The first-order chi connectivity index (χ1) is 9.00. The lowest BCUT2D eigenvalue weighted by Gasteiger charge is -2.08. The van der Waals surface area contributed by atoms with Crippen molar-refractivity contribution < 1.29 is 14.7 Å². The third-order valence-corrected chi connectivity index (χ3v) is 2.60. The van der Waals surface area contributed by atoms with Crippen LogP contribution in [0.5, 0.6) is 0 Å². The van der Waals surface area contributed by atoms with E-state index in [9.17, 15) is 9.59 Å². The van der Waals surface area contributed by atoms with Crippen LogP contribution in [-0.2, 0) is 0 Å². The average Bonchev–Trinajstić information content (AvgIpc) is 2.87. The molecule has 6 heteroatoms. The molecule has 0 radical (unpaired) electrons. The maximum absolute atomic E-state index is 11.7. The van der Waals surface area contributed by atoms with Gasteiger partial charge in [0.1, 0.15) is 0 Å². The Labute approximate surface area is 109 Å². The summed E-state index contributed by atoms with van der Waals surface area (Å²) < 4.78 is 1.39. The fraction of sp³-hybridized carbons (Fsp3) is 0.154. The molecule has 0 atom stereocenters. The maximum Gasteiger partial charge on any atom is 0.337 e. The molecule has 1 N–H and O–H groups in total. The predicted molar refractivity (Wildman–Crippen MR) is 68.5 cm³/mol. The van der Waals surface area contributed by atoms with Crippen molar-refractivity contribution in [3.63, 3.8) is 0 Å². The van der Waals surface area contributed by atoms with Crippen LogP contribution in [0.2, 0.25) is 0 Å². The number of amides is 1. The fourth-order valence-electron chi connectivity index (χ4n) is 1.66. The second-order valence-electron chi connectivity index (χ2n) is 4.17. The van der Waals surface area contributed by atoms with Gasteiger partial charge in [0.25, 0.3) is 5.91 Å². The molecule has 0 aliphatic heterocycles. The number of para-hydroxylation sites is 1. The second-order valence-corrected chi connectivity index (χ2v) is 4.17. The highest BCUT2D eigenvalue weighted by Gasteiger charge is 2.15. The zero-order valence-corrected chi connectivity index (χ0v) is 10.6. The lowest BCUT2D eigenvalue weighted by atomic mass is 10.2. The van der Waals surface area contributed by atoms with Crippen LogP contribution in [0.25, 0.3) is 5.69 Å². The number of hydrogen-bond donors (Lipinski definition) is 1. The van der Waals surface area contributed by atoms with Gasteiger partial charge < -0.3 is 10.0 Å². The van der Waals surface area contributed by atoms with Gasteiger partial charge >= 0.3 is 5.97 Å². The third-order valence-electron chi connectivity index (χ3n) is 2.60. The highest BCUT2D eigenvalue weighted by molar-refractivity contribution is 5.93. The van der Waals surface area contributed by atoms with E-state index >= 15 is 0 Å². The quantitative estimate of drug-likeness (QED) is 0.900. The summed E-state index contributed by atoms with van der Waals surface area (Å²) in [5.74, 6) is -1.27. The number of aromatic carboxylic acids is 1. The Morgan fingerprint density at radius 1 is 1.21 bits per heavy atom. The number of rotatable bonds is 3. The topological polar surface area (TPSA) is 75.4 Å². The Bertz CT molecular complexity index is 632. The van der Waals surface area contributed by atoms with Crippen molar-refractivity contribution in [2.24, 2.45) is 0 Å². The Morgan fingerprint density at radius 2 is 1.89 bits per heavy atom. The molecule has 1 amide bonds. The first-order valence-electron chi connectivity index (χ1n) is 5.60. The molecule has 19 heavy (non-hydrogen) atoms. The van der Waals surface area contributed by atoms with Gasteiger partial charge in [0.05, 0.1) is 11.3 Å². The van der Waals surface area contributed by atoms with Crippen molar-refractivity contribution in [1.29, 1.82) is 0 Å². The maximum atomic E-state index is 11.7. The number of carbonyl (C=O) groups excluding carboxylic acids is 1. The molecule has 0 bridgehead atoms. The molecule has 0 unspecified atom stereocenters. The molecular formula is C13H13N3O3. The van der Waals surface area contributed by atoms with Gasteiger partial charge in [-0.3, -0.25) is 4.79 Å². The van der Waals surface area contributed by atoms with Crippen LogP contribution in [0.4, 0.5) is 0 Å². The number of hydrogen-bond acceptors (Lipinski definition) is 3. The highest BCUT2D eigenvalue weighted by atomic mass is 16.4. The summed E-state index contributed by atoms with van der Waals surface area (Å²) >= 11 is 0. The number of benzene rings is 1. The minimum atomic E-state index is -1.04. The van der Waals surface area contributed by atoms with E-state index in [-0.39, 0.29) is 17.2 Å². The van der Waals surface area contributed by atoms with E-state index in [0.717, 1.165) is 0 Å². The van der Waals surface area contributed by atoms with E-state index in [0.29, 0.717) is 5.69 Å². The Kier molecular flexibility index (Phi) is 3.33. The summed E-state index contributed by atoms with van der Waals surface area (Å²) in [7, 11) is 3.26. The minimum absolute atomic E-state index is 0.134. The third kappa shape index (κ3) is 2.47. The Balaban J connectivity index is 2.44. The minimum Gasteiger partial charge on any atom is -0.478 e. The summed E-state index contributed by atoms with van der Waals surface area (Å²) in [5, 5.41) is 13.2. The van der Waals surface area contributed by atoms with Gasteiger partial charge in [-0.2, -0.15) is 5.10 Å². The highest BCUT2D eigenvalue weighted by Crippen LogP contribution is 2.14. The lowest BCUT2D eigenvalue weighted by Crippen LogP contribution is -2.22.